The highest BCUT2D eigenvalue weighted by Gasteiger charge is 2.22. The topological polar surface area (TPSA) is 63.5 Å². The van der Waals surface area contributed by atoms with Gasteiger partial charge in [0, 0.05) is 40.3 Å². The van der Waals surface area contributed by atoms with E-state index in [4.69, 9.17) is 9.72 Å². The molecule has 0 saturated carbocycles. The van der Waals surface area contributed by atoms with Gasteiger partial charge in [-0.1, -0.05) is 11.3 Å². The lowest BCUT2D eigenvalue weighted by molar-refractivity contribution is -0.134. The molecule has 3 rings (SSSR count). The van der Waals surface area contributed by atoms with Gasteiger partial charge >= 0.3 is 0 Å². The fourth-order valence-electron chi connectivity index (χ4n) is 2.78. The van der Waals surface area contributed by atoms with Crippen LogP contribution >= 0.6 is 11.3 Å². The van der Waals surface area contributed by atoms with E-state index in [2.05, 4.69) is 10.00 Å². The lowest BCUT2D eigenvalue weighted by Gasteiger charge is -2.21. The van der Waals surface area contributed by atoms with E-state index in [1.807, 2.05) is 23.6 Å². The molecule has 2 aromatic heterocycles. The number of nitrogens with zero attached hydrogens (tertiary/aromatic N) is 5. The number of hydrogen-bond donors (Lipinski definition) is 0. The minimum Gasteiger partial charge on any atom is -0.375 e. The van der Waals surface area contributed by atoms with Crippen molar-refractivity contribution in [3.8, 4) is 0 Å². The molecule has 0 atom stereocenters. The highest BCUT2D eigenvalue weighted by atomic mass is 32.1. The molecule has 1 saturated heterocycles. The molecule has 120 valence electrons. The first-order chi connectivity index (χ1) is 10.6. The fourth-order valence-corrected chi connectivity index (χ4v) is 3.87. The van der Waals surface area contributed by atoms with E-state index in [-0.39, 0.29) is 12.5 Å². The zero-order valence-electron chi connectivity index (χ0n) is 13.2. The van der Waals surface area contributed by atoms with Crippen molar-refractivity contribution in [2.75, 3.05) is 44.8 Å². The minimum atomic E-state index is 0.0636. The summed E-state index contributed by atoms with van der Waals surface area (Å²) in [6.07, 6.45) is 0.947. The summed E-state index contributed by atoms with van der Waals surface area (Å²) in [5, 5.41) is 5.41. The van der Waals surface area contributed by atoms with Crippen LogP contribution < -0.4 is 4.90 Å². The molecular weight excluding hydrogens is 302 g/mol. The van der Waals surface area contributed by atoms with Crippen molar-refractivity contribution in [3.63, 3.8) is 0 Å². The zero-order chi connectivity index (χ0) is 15.7. The lowest BCUT2D eigenvalue weighted by atomic mass is 10.4. The Balaban J connectivity index is 1.74. The van der Waals surface area contributed by atoms with Crippen molar-refractivity contribution in [1.29, 1.82) is 0 Å². The van der Waals surface area contributed by atoms with E-state index >= 15 is 0 Å². The Morgan fingerprint density at radius 2 is 2.14 bits per heavy atom. The van der Waals surface area contributed by atoms with E-state index < -0.39 is 0 Å². The number of hydrogen-bond acceptors (Lipinski definition) is 6. The molecule has 1 fully saturated rings. The molecule has 1 amide bonds. The van der Waals surface area contributed by atoms with Crippen LogP contribution in [0.15, 0.2) is 0 Å². The second kappa shape index (κ2) is 6.21. The van der Waals surface area contributed by atoms with Gasteiger partial charge in [-0.05, 0) is 13.3 Å². The number of amides is 1. The van der Waals surface area contributed by atoms with Gasteiger partial charge in [0.15, 0.2) is 10.8 Å². The van der Waals surface area contributed by atoms with Gasteiger partial charge in [0.1, 0.15) is 6.61 Å². The van der Waals surface area contributed by atoms with Crippen LogP contribution in [0.4, 0.5) is 5.13 Å². The first-order valence-electron chi connectivity index (χ1n) is 7.42. The quantitative estimate of drug-likeness (QED) is 0.844. The molecule has 0 aliphatic carbocycles. The summed E-state index contributed by atoms with van der Waals surface area (Å²) in [6.45, 7) is 5.40. The van der Waals surface area contributed by atoms with Crippen LogP contribution in [0.2, 0.25) is 0 Å². The molecule has 22 heavy (non-hydrogen) atoms. The van der Waals surface area contributed by atoms with Gasteiger partial charge in [0.2, 0.25) is 5.91 Å². The number of methoxy groups -OCH3 is 1. The molecule has 0 unspecified atom stereocenters. The van der Waals surface area contributed by atoms with Crippen molar-refractivity contribution in [1.82, 2.24) is 19.7 Å². The number of aryl methyl sites for hydroxylation is 2. The Morgan fingerprint density at radius 1 is 1.32 bits per heavy atom. The summed E-state index contributed by atoms with van der Waals surface area (Å²) in [5.41, 5.74) is 1.96. The molecule has 8 heteroatoms. The summed E-state index contributed by atoms with van der Waals surface area (Å²) in [6, 6.07) is 0. The average Bonchev–Trinajstić information content (AvgIpc) is 2.92. The van der Waals surface area contributed by atoms with Crippen LogP contribution in [-0.4, -0.2) is 65.5 Å². The van der Waals surface area contributed by atoms with Crippen molar-refractivity contribution in [2.24, 2.45) is 7.05 Å². The minimum absolute atomic E-state index is 0.0636. The highest BCUT2D eigenvalue weighted by Crippen LogP contribution is 2.31. The van der Waals surface area contributed by atoms with Gasteiger partial charge in [-0.25, -0.2) is 9.67 Å². The molecule has 0 aromatic carbocycles. The van der Waals surface area contributed by atoms with Crippen molar-refractivity contribution in [2.45, 2.75) is 13.3 Å². The Morgan fingerprint density at radius 3 is 2.86 bits per heavy atom. The largest absolute Gasteiger partial charge is 0.375 e. The third-order valence-electron chi connectivity index (χ3n) is 3.92. The second-order valence-corrected chi connectivity index (χ2v) is 6.49. The Bertz CT molecular complexity index is 646. The Kier molecular flexibility index (Phi) is 4.30. The van der Waals surface area contributed by atoms with Crippen LogP contribution in [0.25, 0.3) is 10.3 Å². The zero-order valence-corrected chi connectivity index (χ0v) is 14.0. The van der Waals surface area contributed by atoms with Crippen molar-refractivity contribution < 1.29 is 9.53 Å². The molecule has 7 nitrogen and oxygen atoms in total. The maximum atomic E-state index is 11.9. The smallest absolute Gasteiger partial charge is 0.248 e. The molecular formula is C14H21N5O2S. The fraction of sp³-hybridized carbons (Fsp3) is 0.643. The number of ether oxygens (including phenoxy) is 1. The van der Waals surface area contributed by atoms with Gasteiger partial charge in [-0.15, -0.1) is 0 Å². The molecule has 3 heterocycles. The third kappa shape index (κ3) is 2.80. The Labute approximate surface area is 133 Å². The first kappa shape index (κ1) is 15.2. The number of rotatable bonds is 3. The maximum absolute atomic E-state index is 11.9. The highest BCUT2D eigenvalue weighted by molar-refractivity contribution is 7.22. The second-order valence-electron chi connectivity index (χ2n) is 5.51. The normalized spacial score (nSPS) is 16.3. The number of aromatic nitrogens is 3. The van der Waals surface area contributed by atoms with Gasteiger partial charge in [0.05, 0.1) is 10.4 Å². The van der Waals surface area contributed by atoms with Crippen LogP contribution in [0.5, 0.6) is 0 Å². The number of fused-ring (bicyclic) bond motifs is 1. The van der Waals surface area contributed by atoms with Crippen LogP contribution in [0.1, 0.15) is 12.1 Å². The summed E-state index contributed by atoms with van der Waals surface area (Å²) < 4.78 is 7.92. The van der Waals surface area contributed by atoms with Gasteiger partial charge in [-0.2, -0.15) is 5.10 Å². The van der Waals surface area contributed by atoms with E-state index in [1.54, 1.807) is 18.4 Å². The van der Waals surface area contributed by atoms with Crippen molar-refractivity contribution in [3.05, 3.63) is 5.69 Å². The summed E-state index contributed by atoms with van der Waals surface area (Å²) >= 11 is 1.68. The van der Waals surface area contributed by atoms with E-state index in [9.17, 15) is 4.79 Å². The summed E-state index contributed by atoms with van der Waals surface area (Å²) in [5.74, 6) is 0.0636. The predicted molar refractivity (Wildman–Crippen MR) is 86.4 cm³/mol. The van der Waals surface area contributed by atoms with Crippen molar-refractivity contribution >= 4 is 32.7 Å². The number of carbonyl (C=O) groups excluding carboxylic acids is 1. The van der Waals surface area contributed by atoms with Crippen LogP contribution in [0, 0.1) is 6.92 Å². The number of thiazole rings is 1. The van der Waals surface area contributed by atoms with Gasteiger partial charge < -0.3 is 14.5 Å². The first-order valence-corrected chi connectivity index (χ1v) is 8.23. The number of anilines is 1. The van der Waals surface area contributed by atoms with E-state index in [0.717, 1.165) is 53.8 Å². The summed E-state index contributed by atoms with van der Waals surface area (Å²) in [4.78, 5) is 20.8. The molecule has 0 radical (unpaired) electrons. The van der Waals surface area contributed by atoms with Gasteiger partial charge in [-0.3, -0.25) is 4.79 Å². The standard InChI is InChI=1S/C14H21N5O2S/c1-10-12-13(17(2)16-10)15-14(22-12)19-6-4-5-18(7-8-19)11(20)9-21-3/h4-9H2,1-3H3. The average molecular weight is 323 g/mol. The number of carbonyl (C=O) groups is 1. The monoisotopic (exact) mass is 323 g/mol. The van der Waals surface area contributed by atoms with Crippen LogP contribution in [-0.2, 0) is 16.6 Å². The van der Waals surface area contributed by atoms with Crippen LogP contribution in [0.3, 0.4) is 0 Å². The molecule has 1 aliphatic rings. The van der Waals surface area contributed by atoms with E-state index in [1.165, 1.54) is 0 Å². The molecule has 1 aliphatic heterocycles. The lowest BCUT2D eigenvalue weighted by Crippen LogP contribution is -2.37. The Hall–Kier alpha value is -1.67. The molecule has 2 aromatic rings. The maximum Gasteiger partial charge on any atom is 0.248 e. The molecule has 0 bridgehead atoms. The summed E-state index contributed by atoms with van der Waals surface area (Å²) in [7, 11) is 3.48. The van der Waals surface area contributed by atoms with Gasteiger partial charge in [0.25, 0.3) is 0 Å². The SMILES string of the molecule is COCC(=O)N1CCCN(c2nc3c(s2)c(C)nn3C)CC1. The third-order valence-corrected chi connectivity index (χ3v) is 5.13. The van der Waals surface area contributed by atoms with E-state index in [0.29, 0.717) is 0 Å². The molecule has 0 N–H and O–H groups in total. The predicted octanol–water partition coefficient (Wildman–Crippen LogP) is 1.02. The molecule has 0 spiro atoms.